The zero-order chi connectivity index (χ0) is 12.3. The molecule has 1 N–H and O–H groups in total. The van der Waals surface area contributed by atoms with Gasteiger partial charge in [0, 0.05) is 7.11 Å². The van der Waals surface area contributed by atoms with E-state index < -0.39 is 0 Å². The van der Waals surface area contributed by atoms with Crippen LogP contribution in [0.15, 0.2) is 0 Å². The molecule has 0 heterocycles. The molecule has 2 rings (SSSR count). The second kappa shape index (κ2) is 5.71. The number of hydrogen-bond donors (Lipinski definition) is 1. The Morgan fingerprint density at radius 1 is 1.24 bits per heavy atom. The smallest absolute Gasteiger partial charge is 0.0939 e. The Labute approximate surface area is 106 Å². The number of aliphatic hydroxyl groups is 1. The molecular weight excluding hydrogens is 212 g/mol. The summed E-state index contributed by atoms with van der Waals surface area (Å²) in [5.41, 5.74) is -0.208. The topological polar surface area (TPSA) is 29.5 Å². The van der Waals surface area contributed by atoms with E-state index in [4.69, 9.17) is 4.74 Å². The van der Waals surface area contributed by atoms with Crippen LogP contribution in [0.25, 0.3) is 0 Å². The fourth-order valence-corrected chi connectivity index (χ4v) is 4.01. The first kappa shape index (κ1) is 13.4. The molecule has 3 atom stereocenters. The maximum atomic E-state index is 10.7. The Bertz CT molecular complexity index is 233. The van der Waals surface area contributed by atoms with Crippen LogP contribution in [0.3, 0.4) is 0 Å². The van der Waals surface area contributed by atoms with E-state index in [1.807, 2.05) is 0 Å². The van der Waals surface area contributed by atoms with E-state index >= 15 is 0 Å². The summed E-state index contributed by atoms with van der Waals surface area (Å²) in [5.74, 6) is 1.31. The van der Waals surface area contributed by atoms with Crippen molar-refractivity contribution in [2.75, 3.05) is 7.11 Å². The molecule has 2 aliphatic rings. The molecule has 0 amide bonds. The predicted octanol–water partition coefficient (Wildman–Crippen LogP) is 3.52. The van der Waals surface area contributed by atoms with Crippen LogP contribution in [0.4, 0.5) is 0 Å². The fraction of sp³-hybridized carbons (Fsp3) is 1.00. The van der Waals surface area contributed by atoms with Crippen molar-refractivity contribution in [3.05, 3.63) is 0 Å². The van der Waals surface area contributed by atoms with Gasteiger partial charge in [0.2, 0.25) is 0 Å². The Morgan fingerprint density at radius 2 is 1.94 bits per heavy atom. The number of rotatable bonds is 4. The zero-order valence-electron chi connectivity index (χ0n) is 11.5. The average Bonchev–Trinajstić information content (AvgIpc) is 2.88. The summed E-state index contributed by atoms with van der Waals surface area (Å²) in [6.45, 7) is 2.28. The Kier molecular flexibility index (Phi) is 4.48. The molecule has 0 bridgehead atoms. The summed E-state index contributed by atoms with van der Waals surface area (Å²) >= 11 is 0. The lowest BCUT2D eigenvalue weighted by Crippen LogP contribution is -2.47. The van der Waals surface area contributed by atoms with Crippen molar-refractivity contribution in [2.45, 2.75) is 76.4 Å². The minimum atomic E-state index is -0.232. The van der Waals surface area contributed by atoms with Crippen LogP contribution in [-0.2, 0) is 4.74 Å². The molecule has 2 heteroatoms. The first-order chi connectivity index (χ1) is 8.22. The largest absolute Gasteiger partial charge is 0.390 e. The van der Waals surface area contributed by atoms with Crippen LogP contribution >= 0.6 is 0 Å². The molecule has 17 heavy (non-hydrogen) atoms. The Hall–Kier alpha value is -0.0800. The molecule has 0 aromatic heterocycles. The third-order valence-corrected chi connectivity index (χ3v) is 5.24. The van der Waals surface area contributed by atoms with Crippen molar-refractivity contribution in [3.63, 3.8) is 0 Å². The number of methoxy groups -OCH3 is 1. The highest BCUT2D eigenvalue weighted by molar-refractivity contribution is 4.96. The number of hydrogen-bond acceptors (Lipinski definition) is 2. The van der Waals surface area contributed by atoms with E-state index in [1.165, 1.54) is 44.9 Å². The first-order valence-corrected chi connectivity index (χ1v) is 7.45. The van der Waals surface area contributed by atoms with Gasteiger partial charge in [-0.25, -0.2) is 0 Å². The standard InChI is InChI=1S/C15H28O2/c1-3-12-7-6-8-13(11-12)14(16)15(17-2)9-4-5-10-15/h12-14,16H,3-11H2,1-2H3. The van der Waals surface area contributed by atoms with Crippen LogP contribution < -0.4 is 0 Å². The highest BCUT2D eigenvalue weighted by atomic mass is 16.5. The van der Waals surface area contributed by atoms with E-state index in [-0.39, 0.29) is 11.7 Å². The molecule has 2 nitrogen and oxygen atoms in total. The highest BCUT2D eigenvalue weighted by Gasteiger charge is 2.45. The van der Waals surface area contributed by atoms with Gasteiger partial charge in [-0.15, -0.1) is 0 Å². The van der Waals surface area contributed by atoms with Crippen LogP contribution in [0.5, 0.6) is 0 Å². The maximum absolute atomic E-state index is 10.7. The summed E-state index contributed by atoms with van der Waals surface area (Å²) in [5, 5.41) is 10.7. The summed E-state index contributed by atoms with van der Waals surface area (Å²) in [7, 11) is 1.79. The second-order valence-corrected chi connectivity index (χ2v) is 6.12. The van der Waals surface area contributed by atoms with Crippen molar-refractivity contribution >= 4 is 0 Å². The molecule has 0 aromatic rings. The lowest BCUT2D eigenvalue weighted by atomic mass is 9.73. The Balaban J connectivity index is 2.00. The summed E-state index contributed by atoms with van der Waals surface area (Å²) < 4.78 is 5.73. The van der Waals surface area contributed by atoms with Gasteiger partial charge in [0.05, 0.1) is 11.7 Å². The molecule has 100 valence electrons. The average molecular weight is 240 g/mol. The van der Waals surface area contributed by atoms with E-state index in [1.54, 1.807) is 7.11 Å². The number of ether oxygens (including phenoxy) is 1. The molecule has 0 radical (unpaired) electrons. The number of aliphatic hydroxyl groups excluding tert-OH is 1. The van der Waals surface area contributed by atoms with Crippen molar-refractivity contribution in [1.82, 2.24) is 0 Å². The van der Waals surface area contributed by atoms with Crippen molar-refractivity contribution in [2.24, 2.45) is 11.8 Å². The van der Waals surface area contributed by atoms with Gasteiger partial charge in [0.25, 0.3) is 0 Å². The highest BCUT2D eigenvalue weighted by Crippen LogP contribution is 2.43. The van der Waals surface area contributed by atoms with Gasteiger partial charge in [0.1, 0.15) is 0 Å². The Morgan fingerprint density at radius 3 is 2.53 bits per heavy atom. The molecule has 0 saturated heterocycles. The van der Waals surface area contributed by atoms with Gasteiger partial charge in [-0.1, -0.05) is 39.0 Å². The van der Waals surface area contributed by atoms with E-state index in [0.29, 0.717) is 5.92 Å². The van der Waals surface area contributed by atoms with Gasteiger partial charge in [-0.3, -0.25) is 0 Å². The van der Waals surface area contributed by atoms with Crippen LogP contribution in [0, 0.1) is 11.8 Å². The van der Waals surface area contributed by atoms with Crippen LogP contribution in [0.2, 0.25) is 0 Å². The van der Waals surface area contributed by atoms with Gasteiger partial charge in [-0.2, -0.15) is 0 Å². The quantitative estimate of drug-likeness (QED) is 0.814. The van der Waals surface area contributed by atoms with Crippen molar-refractivity contribution in [1.29, 1.82) is 0 Å². The lowest BCUT2D eigenvalue weighted by Gasteiger charge is -2.41. The molecule has 0 aliphatic heterocycles. The van der Waals surface area contributed by atoms with Crippen LogP contribution in [-0.4, -0.2) is 23.9 Å². The SMILES string of the molecule is CCC1CCCC(C(O)C2(OC)CCCC2)C1. The van der Waals surface area contributed by atoms with Crippen molar-refractivity contribution in [3.8, 4) is 0 Å². The molecule has 2 aliphatic carbocycles. The van der Waals surface area contributed by atoms with E-state index in [9.17, 15) is 5.11 Å². The molecule has 0 aromatic carbocycles. The first-order valence-electron chi connectivity index (χ1n) is 7.45. The summed E-state index contributed by atoms with van der Waals surface area (Å²) in [4.78, 5) is 0. The zero-order valence-corrected chi connectivity index (χ0v) is 11.5. The van der Waals surface area contributed by atoms with E-state index in [0.717, 1.165) is 18.8 Å². The van der Waals surface area contributed by atoms with Gasteiger partial charge >= 0.3 is 0 Å². The second-order valence-electron chi connectivity index (χ2n) is 6.12. The lowest BCUT2D eigenvalue weighted by molar-refractivity contribution is -0.127. The van der Waals surface area contributed by atoms with Gasteiger partial charge in [0.15, 0.2) is 0 Å². The monoisotopic (exact) mass is 240 g/mol. The minimum Gasteiger partial charge on any atom is -0.390 e. The maximum Gasteiger partial charge on any atom is 0.0939 e. The van der Waals surface area contributed by atoms with E-state index in [2.05, 4.69) is 6.92 Å². The minimum absolute atomic E-state index is 0.208. The third-order valence-electron chi connectivity index (χ3n) is 5.24. The molecular formula is C15H28O2. The normalized spacial score (nSPS) is 34.8. The molecule has 0 spiro atoms. The van der Waals surface area contributed by atoms with Crippen molar-refractivity contribution < 1.29 is 9.84 Å². The fourth-order valence-electron chi connectivity index (χ4n) is 4.01. The van der Waals surface area contributed by atoms with Gasteiger partial charge < -0.3 is 9.84 Å². The van der Waals surface area contributed by atoms with Crippen LogP contribution in [0.1, 0.15) is 64.7 Å². The summed E-state index contributed by atoms with van der Waals surface area (Å²) in [6.07, 6.45) is 10.6. The molecule has 2 saturated carbocycles. The summed E-state index contributed by atoms with van der Waals surface area (Å²) in [6, 6.07) is 0. The third kappa shape index (κ3) is 2.68. The molecule has 2 fully saturated rings. The predicted molar refractivity (Wildman–Crippen MR) is 70.0 cm³/mol. The van der Waals surface area contributed by atoms with Gasteiger partial charge in [-0.05, 0) is 37.5 Å². The molecule has 3 unspecified atom stereocenters.